The molecule has 0 unspecified atom stereocenters. The molecule has 0 aromatic carbocycles. The molecule has 0 radical (unpaired) electrons. The molecular weight excluding hydrogens is 194 g/mol. The predicted molar refractivity (Wildman–Crippen MR) is 71.9 cm³/mol. The Labute approximate surface area is 99.6 Å². The van der Waals surface area contributed by atoms with Gasteiger partial charge in [0, 0.05) is 11.4 Å². The summed E-state index contributed by atoms with van der Waals surface area (Å²) in [6, 6.07) is 0. The van der Waals surface area contributed by atoms with Crippen LogP contribution in [-0.2, 0) is 0 Å². The first-order chi connectivity index (χ1) is 7.37. The summed E-state index contributed by atoms with van der Waals surface area (Å²) < 4.78 is 0. The van der Waals surface area contributed by atoms with Gasteiger partial charge in [-0.05, 0) is 30.8 Å². The fourth-order valence-electron chi connectivity index (χ4n) is 1.75. The van der Waals surface area contributed by atoms with Crippen LogP contribution in [0.15, 0.2) is 48.4 Å². The van der Waals surface area contributed by atoms with E-state index in [1.807, 2.05) is 0 Å². The summed E-state index contributed by atoms with van der Waals surface area (Å²) in [5, 5.41) is 3.37. The first kappa shape index (κ1) is 12.8. The minimum absolute atomic E-state index is 0.280. The molecule has 0 aromatic heterocycles. The SMILES string of the molecule is C=C1C=CC(NC(=C)CC(C)(C)C)=CCC1. The van der Waals surface area contributed by atoms with E-state index in [0.29, 0.717) is 0 Å². The number of allylic oxidation sites excluding steroid dienone is 5. The van der Waals surface area contributed by atoms with Crippen molar-refractivity contribution in [2.75, 3.05) is 0 Å². The Morgan fingerprint density at radius 1 is 1.38 bits per heavy atom. The van der Waals surface area contributed by atoms with Gasteiger partial charge in [-0.15, -0.1) is 0 Å². The lowest BCUT2D eigenvalue weighted by Crippen LogP contribution is -2.16. The fraction of sp³-hybridized carbons (Fsp3) is 0.467. The standard InChI is InChI=1S/C15H23N/c1-12-7-6-8-14(10-9-12)16-13(2)11-15(3,4)5/h8-10,16H,1-2,6-7,11H2,3-5H3. The zero-order valence-electron chi connectivity index (χ0n) is 10.8. The highest BCUT2D eigenvalue weighted by molar-refractivity contribution is 5.30. The van der Waals surface area contributed by atoms with Crippen LogP contribution in [0.3, 0.4) is 0 Å². The van der Waals surface area contributed by atoms with E-state index >= 15 is 0 Å². The van der Waals surface area contributed by atoms with Gasteiger partial charge in [-0.1, -0.05) is 51.7 Å². The van der Waals surface area contributed by atoms with Crippen molar-refractivity contribution in [3.63, 3.8) is 0 Å². The van der Waals surface area contributed by atoms with Crippen molar-refractivity contribution < 1.29 is 0 Å². The molecule has 0 spiro atoms. The fourth-order valence-corrected chi connectivity index (χ4v) is 1.75. The van der Waals surface area contributed by atoms with Crippen LogP contribution in [0.1, 0.15) is 40.0 Å². The van der Waals surface area contributed by atoms with Crippen LogP contribution >= 0.6 is 0 Å². The summed E-state index contributed by atoms with van der Waals surface area (Å²) in [7, 11) is 0. The van der Waals surface area contributed by atoms with Gasteiger partial charge in [-0.3, -0.25) is 0 Å². The molecule has 0 atom stereocenters. The minimum Gasteiger partial charge on any atom is -0.360 e. The Kier molecular flexibility index (Phi) is 4.17. The molecule has 1 N–H and O–H groups in total. The monoisotopic (exact) mass is 217 g/mol. The maximum Gasteiger partial charge on any atom is 0.0341 e. The summed E-state index contributed by atoms with van der Waals surface area (Å²) in [4.78, 5) is 0. The lowest BCUT2D eigenvalue weighted by molar-refractivity contribution is 0.403. The van der Waals surface area contributed by atoms with E-state index in [1.165, 1.54) is 5.57 Å². The molecule has 1 rings (SSSR count). The lowest BCUT2D eigenvalue weighted by atomic mass is 9.91. The molecule has 1 aliphatic carbocycles. The molecule has 0 heterocycles. The maximum atomic E-state index is 4.08. The van der Waals surface area contributed by atoms with Crippen LogP contribution < -0.4 is 5.32 Å². The number of hydrogen-bond donors (Lipinski definition) is 1. The number of nitrogens with one attached hydrogen (secondary N) is 1. The summed E-state index contributed by atoms with van der Waals surface area (Å²) >= 11 is 0. The quantitative estimate of drug-likeness (QED) is 0.742. The van der Waals surface area contributed by atoms with Crippen LogP contribution in [0, 0.1) is 5.41 Å². The molecule has 0 fully saturated rings. The molecule has 0 aliphatic heterocycles. The first-order valence-electron chi connectivity index (χ1n) is 5.88. The molecule has 0 bridgehead atoms. The van der Waals surface area contributed by atoms with E-state index in [0.717, 1.165) is 30.7 Å². The highest BCUT2D eigenvalue weighted by Gasteiger charge is 2.12. The Hall–Kier alpha value is -1.24. The van der Waals surface area contributed by atoms with Crippen molar-refractivity contribution in [1.29, 1.82) is 0 Å². The molecule has 0 saturated carbocycles. The lowest BCUT2D eigenvalue weighted by Gasteiger charge is -2.21. The van der Waals surface area contributed by atoms with Crippen LogP contribution in [0.25, 0.3) is 0 Å². The Balaban J connectivity index is 2.54. The first-order valence-corrected chi connectivity index (χ1v) is 5.88. The summed E-state index contributed by atoms with van der Waals surface area (Å²) in [6.07, 6.45) is 9.46. The van der Waals surface area contributed by atoms with Crippen LogP contribution in [0.2, 0.25) is 0 Å². The van der Waals surface area contributed by atoms with Crippen molar-refractivity contribution in [3.8, 4) is 0 Å². The zero-order chi connectivity index (χ0) is 12.2. The third kappa shape index (κ3) is 5.01. The van der Waals surface area contributed by atoms with Crippen molar-refractivity contribution in [2.45, 2.75) is 40.0 Å². The van der Waals surface area contributed by atoms with E-state index in [4.69, 9.17) is 0 Å². The van der Waals surface area contributed by atoms with Gasteiger partial charge in [-0.2, -0.15) is 0 Å². The molecule has 1 nitrogen and oxygen atoms in total. The minimum atomic E-state index is 0.280. The molecule has 0 aromatic rings. The molecule has 1 heteroatoms. The van der Waals surface area contributed by atoms with Crippen molar-refractivity contribution in [3.05, 3.63) is 48.4 Å². The topological polar surface area (TPSA) is 12.0 Å². The normalized spacial score (nSPS) is 16.7. The summed E-state index contributed by atoms with van der Waals surface area (Å²) in [5.41, 5.74) is 3.70. The largest absolute Gasteiger partial charge is 0.360 e. The van der Waals surface area contributed by atoms with E-state index < -0.39 is 0 Å². The van der Waals surface area contributed by atoms with Gasteiger partial charge in [0.2, 0.25) is 0 Å². The highest BCUT2D eigenvalue weighted by atomic mass is 14.9. The summed E-state index contributed by atoms with van der Waals surface area (Å²) in [5.74, 6) is 0. The highest BCUT2D eigenvalue weighted by Crippen LogP contribution is 2.23. The van der Waals surface area contributed by atoms with Crippen LogP contribution in [0.5, 0.6) is 0 Å². The van der Waals surface area contributed by atoms with E-state index in [9.17, 15) is 0 Å². The van der Waals surface area contributed by atoms with E-state index in [2.05, 4.69) is 57.5 Å². The Morgan fingerprint density at radius 3 is 2.69 bits per heavy atom. The van der Waals surface area contributed by atoms with Crippen LogP contribution in [0.4, 0.5) is 0 Å². The third-order valence-corrected chi connectivity index (χ3v) is 2.39. The average Bonchev–Trinajstić information content (AvgIpc) is 2.27. The second kappa shape index (κ2) is 5.20. The smallest absolute Gasteiger partial charge is 0.0341 e. The van der Waals surface area contributed by atoms with Gasteiger partial charge in [0.1, 0.15) is 0 Å². The predicted octanol–water partition coefficient (Wildman–Crippen LogP) is 4.32. The van der Waals surface area contributed by atoms with Gasteiger partial charge in [0.25, 0.3) is 0 Å². The Morgan fingerprint density at radius 2 is 2.06 bits per heavy atom. The van der Waals surface area contributed by atoms with Gasteiger partial charge in [0.05, 0.1) is 0 Å². The average molecular weight is 217 g/mol. The van der Waals surface area contributed by atoms with E-state index in [1.54, 1.807) is 0 Å². The zero-order valence-corrected chi connectivity index (χ0v) is 10.8. The van der Waals surface area contributed by atoms with Crippen molar-refractivity contribution in [1.82, 2.24) is 5.32 Å². The molecule has 16 heavy (non-hydrogen) atoms. The Bertz CT molecular complexity index is 337. The van der Waals surface area contributed by atoms with Gasteiger partial charge in [0.15, 0.2) is 0 Å². The second-order valence-corrected chi connectivity index (χ2v) is 5.66. The number of hydrogen-bond acceptors (Lipinski definition) is 1. The molecule has 0 amide bonds. The van der Waals surface area contributed by atoms with Crippen molar-refractivity contribution in [2.24, 2.45) is 5.41 Å². The number of rotatable bonds is 3. The molecule has 0 saturated heterocycles. The maximum absolute atomic E-state index is 4.08. The van der Waals surface area contributed by atoms with Gasteiger partial charge >= 0.3 is 0 Å². The molecular formula is C15H23N. The van der Waals surface area contributed by atoms with E-state index in [-0.39, 0.29) is 5.41 Å². The van der Waals surface area contributed by atoms with Crippen molar-refractivity contribution >= 4 is 0 Å². The second-order valence-electron chi connectivity index (χ2n) is 5.66. The van der Waals surface area contributed by atoms with Crippen LogP contribution in [-0.4, -0.2) is 0 Å². The molecule has 88 valence electrons. The third-order valence-electron chi connectivity index (χ3n) is 2.39. The summed E-state index contributed by atoms with van der Waals surface area (Å²) in [6.45, 7) is 14.7. The molecule has 1 aliphatic rings. The van der Waals surface area contributed by atoms with Gasteiger partial charge in [-0.25, -0.2) is 0 Å². The van der Waals surface area contributed by atoms with Gasteiger partial charge < -0.3 is 5.32 Å².